The van der Waals surface area contributed by atoms with E-state index in [1.54, 1.807) is 32.0 Å². The third kappa shape index (κ3) is 2.53. The van der Waals surface area contributed by atoms with Gasteiger partial charge in [0.15, 0.2) is 5.41 Å². The highest BCUT2D eigenvalue weighted by Crippen LogP contribution is 2.49. The minimum absolute atomic E-state index is 0.00846. The Morgan fingerprint density at radius 1 is 1.13 bits per heavy atom. The average molecular weight is 410 g/mol. The third-order valence-corrected chi connectivity index (χ3v) is 4.78. The smallest absolute Gasteiger partial charge is 0.515 e. The second-order valence-electron chi connectivity index (χ2n) is 6.32. The van der Waals surface area contributed by atoms with E-state index < -0.39 is 23.5 Å². The van der Waals surface area contributed by atoms with Gasteiger partial charge in [0.1, 0.15) is 0 Å². The maximum absolute atomic E-state index is 13.0. The van der Waals surface area contributed by atoms with Gasteiger partial charge in [0.05, 0.1) is 30.6 Å². The molecule has 1 aliphatic rings. The van der Waals surface area contributed by atoms with Crippen molar-refractivity contribution in [3.8, 4) is 17.1 Å². The third-order valence-electron chi connectivity index (χ3n) is 4.78. The second-order valence-corrected chi connectivity index (χ2v) is 6.32. The van der Waals surface area contributed by atoms with Gasteiger partial charge in [-0.15, -0.1) is 0 Å². The fourth-order valence-corrected chi connectivity index (χ4v) is 3.68. The summed E-state index contributed by atoms with van der Waals surface area (Å²) in [7, 11) is 0. The second kappa shape index (κ2) is 7.14. The number of carboxylic acid groups (broad SMARTS) is 1. The van der Waals surface area contributed by atoms with Crippen LogP contribution < -0.4 is 9.84 Å². The van der Waals surface area contributed by atoms with E-state index in [1.807, 2.05) is 0 Å². The molecule has 2 heterocycles. The molecule has 1 atom stereocenters. The molecule has 1 unspecified atom stereocenters. The van der Waals surface area contributed by atoms with E-state index in [9.17, 15) is 19.5 Å². The molecule has 0 amide bonds. The molecule has 0 spiro atoms. The largest absolute Gasteiger partial charge is 0.548 e. The molecule has 30 heavy (non-hydrogen) atoms. The molecule has 0 radical (unpaired) electrons. The van der Waals surface area contributed by atoms with Crippen LogP contribution in [0.4, 0.5) is 4.79 Å². The number of aliphatic carboxylic acids is 1. The number of nitrogens with zero attached hydrogens (tertiary/aromatic N) is 3. The highest BCUT2D eigenvalue weighted by molar-refractivity contribution is 6.13. The summed E-state index contributed by atoms with van der Waals surface area (Å²) in [5.74, 6) is -2.86. The van der Waals surface area contributed by atoms with Gasteiger partial charge in [0.25, 0.3) is 5.88 Å². The lowest BCUT2D eigenvalue weighted by molar-refractivity contribution is -0.311. The molecule has 154 valence electrons. The van der Waals surface area contributed by atoms with Crippen molar-refractivity contribution in [3.05, 3.63) is 47.9 Å². The Balaban J connectivity index is 2.07. The van der Waals surface area contributed by atoms with Crippen LogP contribution in [-0.2, 0) is 24.5 Å². The number of esters is 1. The minimum atomic E-state index is -2.27. The fourth-order valence-electron chi connectivity index (χ4n) is 3.68. The zero-order valence-electron chi connectivity index (χ0n) is 16.1. The molecule has 0 bridgehead atoms. The van der Waals surface area contributed by atoms with Crippen LogP contribution in [-0.4, -0.2) is 45.7 Å². The van der Waals surface area contributed by atoms with E-state index in [2.05, 4.69) is 9.97 Å². The highest BCUT2D eigenvalue weighted by atomic mass is 16.7. The van der Waals surface area contributed by atoms with Gasteiger partial charge < -0.3 is 24.1 Å². The van der Waals surface area contributed by atoms with Crippen molar-refractivity contribution in [2.45, 2.75) is 19.3 Å². The molecular weight excluding hydrogens is 394 g/mol. The molecule has 10 heteroatoms. The molecule has 0 aliphatic heterocycles. The molecule has 0 saturated heterocycles. The number of ether oxygens (including phenoxy) is 3. The summed E-state index contributed by atoms with van der Waals surface area (Å²) in [6.45, 7) is 3.25. The maximum atomic E-state index is 13.0. The Labute approximate surface area is 170 Å². The quantitative estimate of drug-likeness (QED) is 0.443. The standard InChI is InChI=1S/C20H17N3O7/c1-3-28-18(26)20(17(24)25)12-8-6-5-7-11(12)13-14(20)23-10-9-21-15(23)16(22-13)30-19(27)29-4-2/h5-10H,3-4H2,1-2H3,(H,24,25)/p-1. The summed E-state index contributed by atoms with van der Waals surface area (Å²) in [5.41, 5.74) is -1.59. The number of carbonyl (C=O) groups excluding carboxylic acids is 3. The molecule has 2 aromatic heterocycles. The van der Waals surface area contributed by atoms with Gasteiger partial charge in [-0.05, 0) is 19.4 Å². The highest BCUT2D eigenvalue weighted by Gasteiger charge is 2.55. The molecule has 0 saturated carbocycles. The average Bonchev–Trinajstić information content (AvgIpc) is 3.30. The molecule has 1 aliphatic carbocycles. The van der Waals surface area contributed by atoms with Crippen LogP contribution in [0, 0.1) is 0 Å². The zero-order valence-corrected chi connectivity index (χ0v) is 16.1. The SMILES string of the molecule is CCOC(=O)Oc1nc2c(n3ccnc13)C(C(=O)[O-])(C(=O)OCC)c1ccccc1-2. The van der Waals surface area contributed by atoms with Crippen LogP contribution in [0.2, 0.25) is 0 Å². The number of carboxylic acids is 1. The van der Waals surface area contributed by atoms with E-state index in [4.69, 9.17) is 14.2 Å². The first-order valence-corrected chi connectivity index (χ1v) is 9.17. The Hall–Kier alpha value is -3.95. The molecule has 10 nitrogen and oxygen atoms in total. The lowest BCUT2D eigenvalue weighted by atomic mass is 9.80. The molecule has 0 fully saturated rings. The summed E-state index contributed by atoms with van der Waals surface area (Å²) in [6, 6.07) is 6.38. The first-order chi connectivity index (χ1) is 14.5. The molecular formula is C20H16N3O7-. The molecule has 1 aromatic carbocycles. The van der Waals surface area contributed by atoms with Gasteiger partial charge in [-0.2, -0.15) is 0 Å². The number of hydrogen-bond donors (Lipinski definition) is 0. The molecule has 4 rings (SSSR count). The van der Waals surface area contributed by atoms with Gasteiger partial charge in [-0.1, -0.05) is 24.3 Å². The topological polar surface area (TPSA) is 132 Å². The normalized spacial score (nSPS) is 16.6. The minimum Gasteiger partial charge on any atom is -0.548 e. The number of imidazole rings is 1. The number of aromatic nitrogens is 3. The monoisotopic (exact) mass is 410 g/mol. The van der Waals surface area contributed by atoms with Crippen LogP contribution in [0.15, 0.2) is 36.7 Å². The Morgan fingerprint density at radius 2 is 1.87 bits per heavy atom. The summed E-state index contributed by atoms with van der Waals surface area (Å²) >= 11 is 0. The van der Waals surface area contributed by atoms with Gasteiger partial charge in [-0.25, -0.2) is 14.8 Å². The summed E-state index contributed by atoms with van der Waals surface area (Å²) in [4.78, 5) is 45.8. The summed E-state index contributed by atoms with van der Waals surface area (Å²) in [5, 5.41) is 12.5. The maximum Gasteiger partial charge on any atom is 0.515 e. The van der Waals surface area contributed by atoms with Crippen molar-refractivity contribution in [1.29, 1.82) is 0 Å². The predicted octanol–water partition coefficient (Wildman–Crippen LogP) is 0.844. The van der Waals surface area contributed by atoms with Gasteiger partial charge >= 0.3 is 12.1 Å². The van der Waals surface area contributed by atoms with E-state index in [1.165, 1.54) is 22.9 Å². The lowest BCUT2D eigenvalue weighted by Crippen LogP contribution is -2.53. The number of rotatable bonds is 5. The number of benzene rings is 1. The van der Waals surface area contributed by atoms with Gasteiger partial charge in [0.2, 0.25) is 5.65 Å². The van der Waals surface area contributed by atoms with Crippen LogP contribution in [0.3, 0.4) is 0 Å². The van der Waals surface area contributed by atoms with Crippen molar-refractivity contribution in [2.24, 2.45) is 0 Å². The number of carbonyl (C=O) groups is 3. The fraction of sp³-hybridized carbons (Fsp3) is 0.250. The predicted molar refractivity (Wildman–Crippen MR) is 98.5 cm³/mol. The van der Waals surface area contributed by atoms with E-state index in [0.717, 1.165) is 0 Å². The van der Waals surface area contributed by atoms with Crippen LogP contribution in [0.1, 0.15) is 25.1 Å². The van der Waals surface area contributed by atoms with Crippen LogP contribution in [0.25, 0.3) is 16.9 Å². The van der Waals surface area contributed by atoms with Gasteiger partial charge in [-0.3, -0.25) is 9.20 Å². The Bertz CT molecular complexity index is 1190. The van der Waals surface area contributed by atoms with Crippen molar-refractivity contribution < 1.29 is 33.7 Å². The summed E-state index contributed by atoms with van der Waals surface area (Å²) in [6.07, 6.45) is 1.82. The van der Waals surface area contributed by atoms with Gasteiger partial charge in [0, 0.05) is 18.0 Å². The van der Waals surface area contributed by atoms with Crippen molar-refractivity contribution in [2.75, 3.05) is 13.2 Å². The molecule has 3 aromatic rings. The zero-order chi connectivity index (χ0) is 21.5. The van der Waals surface area contributed by atoms with E-state index in [0.29, 0.717) is 5.56 Å². The van der Waals surface area contributed by atoms with Crippen molar-refractivity contribution in [3.63, 3.8) is 0 Å². The molecule has 0 N–H and O–H groups in total. The van der Waals surface area contributed by atoms with Crippen LogP contribution in [0.5, 0.6) is 5.88 Å². The van der Waals surface area contributed by atoms with Crippen LogP contribution >= 0.6 is 0 Å². The van der Waals surface area contributed by atoms with E-state index in [-0.39, 0.29) is 41.7 Å². The lowest BCUT2D eigenvalue weighted by Gasteiger charge is -2.30. The first kappa shape index (κ1) is 19.4. The Morgan fingerprint density at radius 3 is 2.57 bits per heavy atom. The summed E-state index contributed by atoms with van der Waals surface area (Å²) < 4.78 is 16.4. The van der Waals surface area contributed by atoms with Crippen molar-refractivity contribution in [1.82, 2.24) is 14.4 Å². The number of fused-ring (bicyclic) bond motifs is 5. The van der Waals surface area contributed by atoms with E-state index >= 15 is 0 Å². The first-order valence-electron chi connectivity index (χ1n) is 9.17. The number of hydrogen-bond acceptors (Lipinski definition) is 9. The van der Waals surface area contributed by atoms with Crippen molar-refractivity contribution >= 4 is 23.7 Å². The Kier molecular flexibility index (Phi) is 4.61.